The molecule has 0 aliphatic carbocycles. The van der Waals surface area contributed by atoms with E-state index in [1.165, 1.54) is 0 Å². The third-order valence-electron chi connectivity index (χ3n) is 4.43. The number of nitrogens with one attached hydrogen (secondary N) is 1. The van der Waals surface area contributed by atoms with Gasteiger partial charge < -0.3 is 15.7 Å². The highest BCUT2D eigenvalue weighted by molar-refractivity contribution is 5.93. The lowest BCUT2D eigenvalue weighted by Gasteiger charge is -2.14. The summed E-state index contributed by atoms with van der Waals surface area (Å²) >= 11 is 0. The summed E-state index contributed by atoms with van der Waals surface area (Å²) in [6.07, 6.45) is 2.11. The first-order chi connectivity index (χ1) is 11.1. The van der Waals surface area contributed by atoms with Gasteiger partial charge in [-0.3, -0.25) is 9.89 Å². The zero-order valence-electron chi connectivity index (χ0n) is 13.2. The third-order valence-corrected chi connectivity index (χ3v) is 4.43. The van der Waals surface area contributed by atoms with Crippen LogP contribution in [0.1, 0.15) is 30.3 Å². The summed E-state index contributed by atoms with van der Waals surface area (Å²) in [6.45, 7) is 3.40. The number of carbonyl (C=O) groups is 1. The van der Waals surface area contributed by atoms with Crippen LogP contribution in [0.4, 0.5) is 0 Å². The van der Waals surface area contributed by atoms with Crippen molar-refractivity contribution in [1.82, 2.24) is 15.1 Å². The molecule has 2 heterocycles. The quantitative estimate of drug-likeness (QED) is 0.804. The summed E-state index contributed by atoms with van der Waals surface area (Å²) in [5.74, 6) is 0.418. The normalized spacial score (nSPS) is 20.9. The zero-order valence-corrected chi connectivity index (χ0v) is 13.2. The number of aromatic amines is 1. The van der Waals surface area contributed by atoms with Crippen molar-refractivity contribution in [3.8, 4) is 17.0 Å². The third kappa shape index (κ3) is 3.07. The van der Waals surface area contributed by atoms with Crippen LogP contribution in [0.2, 0.25) is 0 Å². The number of nitrogens with zero attached hydrogens (tertiary/aromatic N) is 2. The van der Waals surface area contributed by atoms with Crippen LogP contribution in [-0.4, -0.2) is 45.2 Å². The Bertz CT molecular complexity index is 697. The Hall–Kier alpha value is -2.34. The number of amides is 1. The molecule has 0 saturated carbocycles. The number of hydrogen-bond donors (Lipinski definition) is 3. The monoisotopic (exact) mass is 314 g/mol. The molecule has 2 atom stereocenters. The number of phenolic OH excluding ortho intramolecular Hbond substituents is 1. The van der Waals surface area contributed by atoms with Crippen molar-refractivity contribution in [3.05, 3.63) is 36.0 Å². The van der Waals surface area contributed by atoms with Crippen LogP contribution < -0.4 is 5.73 Å². The summed E-state index contributed by atoms with van der Waals surface area (Å²) in [5, 5.41) is 16.8. The molecule has 1 amide bonds. The molecular weight excluding hydrogens is 292 g/mol. The summed E-state index contributed by atoms with van der Waals surface area (Å²) in [5.41, 5.74) is 7.72. The predicted octanol–water partition coefficient (Wildman–Crippen LogP) is 1.98. The van der Waals surface area contributed by atoms with Crippen molar-refractivity contribution in [2.75, 3.05) is 13.1 Å². The molecule has 1 aromatic heterocycles. The van der Waals surface area contributed by atoms with E-state index < -0.39 is 0 Å². The molecule has 6 heteroatoms. The minimum atomic E-state index is -0.0896. The summed E-state index contributed by atoms with van der Waals surface area (Å²) < 4.78 is 0. The maximum atomic E-state index is 12.6. The van der Waals surface area contributed by atoms with E-state index >= 15 is 0 Å². The fourth-order valence-electron chi connectivity index (χ4n) is 3.17. The molecule has 1 fully saturated rings. The Morgan fingerprint density at radius 2 is 2.22 bits per heavy atom. The second-order valence-corrected chi connectivity index (χ2v) is 6.11. The average molecular weight is 314 g/mol. The molecule has 3 rings (SSSR count). The van der Waals surface area contributed by atoms with Crippen molar-refractivity contribution in [2.24, 2.45) is 11.7 Å². The van der Waals surface area contributed by atoms with Gasteiger partial charge in [-0.15, -0.1) is 0 Å². The van der Waals surface area contributed by atoms with Gasteiger partial charge in [0.05, 0.1) is 5.69 Å². The maximum Gasteiger partial charge on any atom is 0.271 e. The standard InChI is InChI=1S/C17H22N4O2/c1-2-5-11-9-21(10-13(11)18)17(23)15-8-14(19-20-15)12-6-3-4-7-16(12)22/h3-4,6-8,11,13,22H,2,5,9-10,18H2,1H3,(H,19,20). The topological polar surface area (TPSA) is 95.2 Å². The van der Waals surface area contributed by atoms with E-state index in [1.54, 1.807) is 29.2 Å². The number of benzene rings is 1. The van der Waals surface area contributed by atoms with Crippen LogP contribution in [0, 0.1) is 5.92 Å². The fraction of sp³-hybridized carbons (Fsp3) is 0.412. The van der Waals surface area contributed by atoms with E-state index in [0.717, 1.165) is 12.8 Å². The molecule has 122 valence electrons. The van der Waals surface area contributed by atoms with Crippen LogP contribution in [0.5, 0.6) is 5.75 Å². The number of carbonyl (C=O) groups excluding carboxylic acids is 1. The van der Waals surface area contributed by atoms with Gasteiger partial charge in [0.2, 0.25) is 0 Å². The second-order valence-electron chi connectivity index (χ2n) is 6.11. The fourth-order valence-corrected chi connectivity index (χ4v) is 3.17. The Morgan fingerprint density at radius 1 is 1.43 bits per heavy atom. The second kappa shape index (κ2) is 6.42. The molecule has 2 aromatic rings. The largest absolute Gasteiger partial charge is 0.507 e. The Morgan fingerprint density at radius 3 is 2.96 bits per heavy atom. The number of rotatable bonds is 4. The predicted molar refractivity (Wildman–Crippen MR) is 88.0 cm³/mol. The lowest BCUT2D eigenvalue weighted by atomic mass is 9.99. The van der Waals surface area contributed by atoms with Crippen molar-refractivity contribution < 1.29 is 9.90 Å². The zero-order chi connectivity index (χ0) is 16.4. The maximum absolute atomic E-state index is 12.6. The lowest BCUT2D eigenvalue weighted by molar-refractivity contribution is 0.0779. The molecule has 0 spiro atoms. The molecule has 1 aliphatic rings. The van der Waals surface area contributed by atoms with Gasteiger partial charge in [0, 0.05) is 24.7 Å². The minimum absolute atomic E-state index is 0.0412. The Kier molecular flexibility index (Phi) is 4.34. The van der Waals surface area contributed by atoms with E-state index in [4.69, 9.17) is 5.73 Å². The number of para-hydroxylation sites is 1. The van der Waals surface area contributed by atoms with E-state index in [0.29, 0.717) is 36.0 Å². The van der Waals surface area contributed by atoms with E-state index in [2.05, 4.69) is 17.1 Å². The first-order valence-corrected chi connectivity index (χ1v) is 7.98. The SMILES string of the molecule is CCCC1CN(C(=O)c2cc(-c3ccccc3O)n[nH]2)CC1N. The molecule has 1 saturated heterocycles. The average Bonchev–Trinajstić information content (AvgIpc) is 3.15. The van der Waals surface area contributed by atoms with E-state index in [9.17, 15) is 9.90 Å². The molecule has 6 nitrogen and oxygen atoms in total. The number of H-pyrrole nitrogens is 1. The van der Waals surface area contributed by atoms with Gasteiger partial charge in [-0.05, 0) is 30.5 Å². The molecule has 1 aromatic carbocycles. The minimum Gasteiger partial charge on any atom is -0.507 e. The van der Waals surface area contributed by atoms with Crippen molar-refractivity contribution in [2.45, 2.75) is 25.8 Å². The van der Waals surface area contributed by atoms with Gasteiger partial charge in [0.25, 0.3) is 5.91 Å². The number of phenols is 1. The number of hydrogen-bond acceptors (Lipinski definition) is 4. The Labute approximate surface area is 135 Å². The van der Waals surface area contributed by atoms with Crippen LogP contribution >= 0.6 is 0 Å². The lowest BCUT2D eigenvalue weighted by Crippen LogP contribution is -2.32. The van der Waals surface area contributed by atoms with Crippen LogP contribution in [0.25, 0.3) is 11.3 Å². The molecule has 0 bridgehead atoms. The highest BCUT2D eigenvalue weighted by Gasteiger charge is 2.33. The van der Waals surface area contributed by atoms with Crippen molar-refractivity contribution in [1.29, 1.82) is 0 Å². The first-order valence-electron chi connectivity index (χ1n) is 7.98. The molecule has 2 unspecified atom stereocenters. The van der Waals surface area contributed by atoms with Crippen molar-refractivity contribution >= 4 is 5.91 Å². The van der Waals surface area contributed by atoms with Gasteiger partial charge in [-0.1, -0.05) is 25.5 Å². The van der Waals surface area contributed by atoms with E-state index in [-0.39, 0.29) is 17.7 Å². The highest BCUT2D eigenvalue weighted by Crippen LogP contribution is 2.28. The molecule has 1 aliphatic heterocycles. The van der Waals surface area contributed by atoms with Crippen LogP contribution in [-0.2, 0) is 0 Å². The molecule has 23 heavy (non-hydrogen) atoms. The number of aromatic hydroxyl groups is 1. The van der Waals surface area contributed by atoms with Gasteiger partial charge in [-0.25, -0.2) is 0 Å². The number of aromatic nitrogens is 2. The number of likely N-dealkylation sites (tertiary alicyclic amines) is 1. The Balaban J connectivity index is 1.76. The highest BCUT2D eigenvalue weighted by atomic mass is 16.3. The molecule has 0 radical (unpaired) electrons. The summed E-state index contributed by atoms with van der Waals surface area (Å²) in [6, 6.07) is 8.65. The van der Waals surface area contributed by atoms with Crippen molar-refractivity contribution in [3.63, 3.8) is 0 Å². The van der Waals surface area contributed by atoms with Gasteiger partial charge >= 0.3 is 0 Å². The summed E-state index contributed by atoms with van der Waals surface area (Å²) in [4.78, 5) is 14.4. The van der Waals surface area contributed by atoms with Gasteiger partial charge in [-0.2, -0.15) is 5.10 Å². The summed E-state index contributed by atoms with van der Waals surface area (Å²) in [7, 11) is 0. The molecule has 4 N–H and O–H groups in total. The first kappa shape index (κ1) is 15.6. The van der Waals surface area contributed by atoms with Crippen LogP contribution in [0.3, 0.4) is 0 Å². The smallest absolute Gasteiger partial charge is 0.271 e. The number of nitrogens with two attached hydrogens (primary N) is 1. The van der Waals surface area contributed by atoms with E-state index in [1.807, 2.05) is 6.07 Å². The molecular formula is C17H22N4O2. The van der Waals surface area contributed by atoms with Gasteiger partial charge in [0.15, 0.2) is 0 Å². The van der Waals surface area contributed by atoms with Gasteiger partial charge in [0.1, 0.15) is 11.4 Å². The van der Waals surface area contributed by atoms with Crippen LogP contribution in [0.15, 0.2) is 30.3 Å².